The third-order valence-electron chi connectivity index (χ3n) is 2.42. The number of hydrogen-bond acceptors (Lipinski definition) is 2. The average molecular weight is 347 g/mol. The molecule has 1 aromatic heterocycles. The molecular weight excluding hydrogens is 337 g/mol. The van der Waals surface area contributed by atoms with Crippen LogP contribution in [-0.4, -0.2) is 4.98 Å². The molecule has 0 bridgehead atoms. The van der Waals surface area contributed by atoms with Crippen LogP contribution in [0.4, 0.5) is 0 Å². The monoisotopic (exact) mass is 345 g/mol. The van der Waals surface area contributed by atoms with Crippen LogP contribution in [0.1, 0.15) is 11.1 Å². The molecule has 2 nitrogen and oxygen atoms in total. The maximum atomic E-state index is 5.97. The minimum absolute atomic E-state index is 0.365. The minimum Gasteiger partial charge on any atom is -0.489 e. The number of aryl methyl sites for hydroxylation is 1. The molecule has 0 aliphatic rings. The van der Waals surface area contributed by atoms with Gasteiger partial charge in [-0.15, -0.1) is 0 Å². The molecule has 0 aliphatic carbocycles. The van der Waals surface area contributed by atoms with Gasteiger partial charge in [-0.1, -0.05) is 39.1 Å². The van der Waals surface area contributed by atoms with Crippen LogP contribution in [0.3, 0.4) is 0 Å². The Morgan fingerprint density at radius 3 is 2.67 bits per heavy atom. The predicted octanol–water partition coefficient (Wildman–Crippen LogP) is 5.04. The smallest absolute Gasteiger partial charge is 0.137 e. The summed E-state index contributed by atoms with van der Waals surface area (Å²) >= 11 is 15.1. The molecule has 2 rings (SSSR count). The molecule has 0 atom stereocenters. The lowest BCUT2D eigenvalue weighted by atomic mass is 10.2. The number of rotatable bonds is 3. The highest BCUT2D eigenvalue weighted by Crippen LogP contribution is 2.23. The Hall–Kier alpha value is -0.770. The summed E-state index contributed by atoms with van der Waals surface area (Å²) in [6.07, 6.45) is 0. The first-order valence-corrected chi connectivity index (χ1v) is 6.81. The van der Waals surface area contributed by atoms with Gasteiger partial charge < -0.3 is 4.74 Å². The van der Waals surface area contributed by atoms with E-state index in [1.165, 1.54) is 0 Å². The van der Waals surface area contributed by atoms with Crippen molar-refractivity contribution in [1.29, 1.82) is 0 Å². The van der Waals surface area contributed by atoms with Gasteiger partial charge in [0, 0.05) is 10.0 Å². The quantitative estimate of drug-likeness (QED) is 0.726. The number of hydrogen-bond donors (Lipinski definition) is 0. The molecule has 0 spiro atoms. The molecule has 0 N–H and O–H groups in total. The van der Waals surface area contributed by atoms with Gasteiger partial charge in [-0.25, -0.2) is 4.98 Å². The number of halogens is 3. The van der Waals surface area contributed by atoms with Gasteiger partial charge in [0.05, 0.1) is 0 Å². The Labute approximate surface area is 124 Å². The second kappa shape index (κ2) is 5.91. The molecule has 0 amide bonds. The first-order chi connectivity index (χ1) is 8.56. The van der Waals surface area contributed by atoms with Gasteiger partial charge in [-0.2, -0.15) is 0 Å². The largest absolute Gasteiger partial charge is 0.489 e. The molecular formula is C13H10BrCl2NO. The third-order valence-corrected chi connectivity index (χ3v) is 3.84. The zero-order valence-electron chi connectivity index (χ0n) is 9.58. The molecule has 2 aromatic rings. The van der Waals surface area contributed by atoms with Gasteiger partial charge in [-0.3, -0.25) is 0 Å². The van der Waals surface area contributed by atoms with Crippen molar-refractivity contribution in [3.63, 3.8) is 0 Å². The number of benzene rings is 1. The molecule has 0 radical (unpaired) electrons. The third kappa shape index (κ3) is 3.37. The number of nitrogens with zero attached hydrogens (tertiary/aromatic N) is 1. The second-order valence-electron chi connectivity index (χ2n) is 3.78. The van der Waals surface area contributed by atoms with E-state index < -0.39 is 0 Å². The Balaban J connectivity index is 2.09. The highest BCUT2D eigenvalue weighted by molar-refractivity contribution is 9.10. The first kappa shape index (κ1) is 13.7. The van der Waals surface area contributed by atoms with Crippen LogP contribution in [0.5, 0.6) is 5.75 Å². The van der Waals surface area contributed by atoms with Crippen molar-refractivity contribution in [2.75, 3.05) is 0 Å². The molecule has 0 saturated carbocycles. The summed E-state index contributed by atoms with van der Waals surface area (Å²) in [6.45, 7) is 2.37. The summed E-state index contributed by atoms with van der Waals surface area (Å²) in [5.74, 6) is 0.793. The lowest BCUT2D eigenvalue weighted by Crippen LogP contribution is -1.98. The molecule has 1 aromatic carbocycles. The topological polar surface area (TPSA) is 22.1 Å². The van der Waals surface area contributed by atoms with Crippen LogP contribution < -0.4 is 4.74 Å². The molecule has 18 heavy (non-hydrogen) atoms. The van der Waals surface area contributed by atoms with Crippen LogP contribution in [0.25, 0.3) is 0 Å². The predicted molar refractivity (Wildman–Crippen MR) is 77.5 cm³/mol. The molecule has 0 aliphatic heterocycles. The summed E-state index contributed by atoms with van der Waals surface area (Å²) in [4.78, 5) is 3.96. The van der Waals surface area contributed by atoms with Crippen molar-refractivity contribution in [2.45, 2.75) is 13.5 Å². The van der Waals surface area contributed by atoms with Crippen molar-refractivity contribution in [1.82, 2.24) is 4.98 Å². The fourth-order valence-electron chi connectivity index (χ4n) is 1.42. The average Bonchev–Trinajstić information content (AvgIpc) is 2.32. The minimum atomic E-state index is 0.365. The van der Waals surface area contributed by atoms with E-state index >= 15 is 0 Å². The van der Waals surface area contributed by atoms with Gasteiger partial charge in [0.25, 0.3) is 0 Å². The maximum absolute atomic E-state index is 5.97. The molecule has 0 unspecified atom stereocenters. The zero-order valence-corrected chi connectivity index (χ0v) is 12.7. The highest BCUT2D eigenvalue weighted by atomic mass is 79.9. The highest BCUT2D eigenvalue weighted by Gasteiger charge is 2.04. The van der Waals surface area contributed by atoms with Crippen molar-refractivity contribution >= 4 is 39.1 Å². The summed E-state index contributed by atoms with van der Waals surface area (Å²) in [5.41, 5.74) is 1.93. The van der Waals surface area contributed by atoms with Crippen molar-refractivity contribution < 1.29 is 4.74 Å². The van der Waals surface area contributed by atoms with Crippen LogP contribution in [0, 0.1) is 6.92 Å². The maximum Gasteiger partial charge on any atom is 0.137 e. The zero-order chi connectivity index (χ0) is 13.1. The molecule has 0 fully saturated rings. The van der Waals surface area contributed by atoms with E-state index in [0.29, 0.717) is 16.9 Å². The van der Waals surface area contributed by atoms with E-state index in [1.54, 1.807) is 6.07 Å². The van der Waals surface area contributed by atoms with Gasteiger partial charge in [0.15, 0.2) is 0 Å². The van der Waals surface area contributed by atoms with Crippen LogP contribution in [0.15, 0.2) is 34.8 Å². The second-order valence-corrected chi connectivity index (χ2v) is 5.38. The Bertz CT molecular complexity index is 575. The van der Waals surface area contributed by atoms with Crippen LogP contribution >= 0.6 is 39.1 Å². The Morgan fingerprint density at radius 2 is 2.00 bits per heavy atom. The van der Waals surface area contributed by atoms with Crippen molar-refractivity contribution in [2.24, 2.45) is 0 Å². The Morgan fingerprint density at radius 1 is 1.22 bits per heavy atom. The van der Waals surface area contributed by atoms with Crippen LogP contribution in [0.2, 0.25) is 10.3 Å². The van der Waals surface area contributed by atoms with Gasteiger partial charge in [-0.05, 0) is 42.8 Å². The number of aromatic nitrogens is 1. The summed E-state index contributed by atoms with van der Waals surface area (Å²) in [6, 6.07) is 9.31. The molecule has 1 heterocycles. The van der Waals surface area contributed by atoms with Crippen molar-refractivity contribution in [3.05, 3.63) is 56.2 Å². The van der Waals surface area contributed by atoms with E-state index in [4.69, 9.17) is 27.9 Å². The number of ether oxygens (including phenoxy) is 1. The molecule has 0 saturated heterocycles. The standard InChI is InChI=1S/C13H10BrCl2NO/c1-8-6-10(3-4-11(8)14)18-7-9-2-5-12(15)17-13(9)16/h2-6H,7H2,1H3. The van der Waals surface area contributed by atoms with Gasteiger partial charge in [0.1, 0.15) is 22.7 Å². The van der Waals surface area contributed by atoms with Crippen LogP contribution in [-0.2, 0) is 6.61 Å². The fourth-order valence-corrected chi connectivity index (χ4v) is 2.06. The SMILES string of the molecule is Cc1cc(OCc2ccc(Cl)nc2Cl)ccc1Br. The summed E-state index contributed by atoms with van der Waals surface area (Å²) in [7, 11) is 0. The summed E-state index contributed by atoms with van der Waals surface area (Å²) < 4.78 is 6.72. The van der Waals surface area contributed by atoms with Gasteiger partial charge >= 0.3 is 0 Å². The fraction of sp³-hybridized carbons (Fsp3) is 0.154. The normalized spacial score (nSPS) is 10.4. The Kier molecular flexibility index (Phi) is 4.49. The molecule has 5 heteroatoms. The van der Waals surface area contributed by atoms with Crippen molar-refractivity contribution in [3.8, 4) is 5.75 Å². The van der Waals surface area contributed by atoms with E-state index in [0.717, 1.165) is 21.3 Å². The number of pyridine rings is 1. The van der Waals surface area contributed by atoms with Gasteiger partial charge in [0.2, 0.25) is 0 Å². The summed E-state index contributed by atoms with van der Waals surface area (Å²) in [5, 5.41) is 0.750. The molecule has 94 valence electrons. The van der Waals surface area contributed by atoms with E-state index in [1.807, 2.05) is 31.2 Å². The van der Waals surface area contributed by atoms with E-state index in [2.05, 4.69) is 20.9 Å². The lowest BCUT2D eigenvalue weighted by Gasteiger charge is -2.08. The first-order valence-electron chi connectivity index (χ1n) is 5.26. The van der Waals surface area contributed by atoms with E-state index in [9.17, 15) is 0 Å². The van der Waals surface area contributed by atoms with E-state index in [-0.39, 0.29) is 0 Å². The lowest BCUT2D eigenvalue weighted by molar-refractivity contribution is 0.305.